The fourth-order valence-corrected chi connectivity index (χ4v) is 2.31. The van der Waals surface area contributed by atoms with Crippen LogP contribution in [-0.4, -0.2) is 61.8 Å². The zero-order chi connectivity index (χ0) is 19.3. The topological polar surface area (TPSA) is 78.0 Å². The van der Waals surface area contributed by atoms with E-state index in [9.17, 15) is 9.59 Å². The van der Waals surface area contributed by atoms with Crippen LogP contribution in [0.15, 0.2) is 48.8 Å². The van der Waals surface area contributed by atoms with Crippen molar-refractivity contribution in [3.63, 3.8) is 0 Å². The molecule has 2 amide bonds. The van der Waals surface area contributed by atoms with Crippen LogP contribution in [-0.2, 0) is 14.3 Å². The first kappa shape index (κ1) is 20.5. The van der Waals surface area contributed by atoms with Gasteiger partial charge in [-0.25, -0.2) is 0 Å². The first-order valence-corrected chi connectivity index (χ1v) is 8.72. The van der Waals surface area contributed by atoms with Crippen molar-refractivity contribution in [3.05, 3.63) is 59.9 Å². The Bertz CT molecular complexity index is 709. The summed E-state index contributed by atoms with van der Waals surface area (Å²) < 4.78 is 16.3. The summed E-state index contributed by atoms with van der Waals surface area (Å²) in [6.07, 6.45) is 3.86. The molecular formula is C20H24N2O5. The number of carbonyl (C=O) groups is 2. The molecule has 0 aliphatic heterocycles. The number of rotatable bonds is 12. The number of ether oxygens (including phenoxy) is 3. The lowest BCUT2D eigenvalue weighted by atomic mass is 10.1. The molecule has 2 aromatic rings. The molecule has 27 heavy (non-hydrogen) atoms. The van der Waals surface area contributed by atoms with E-state index >= 15 is 0 Å². The number of carbonyl (C=O) groups excluding carboxylic acids is 2. The molecule has 0 bridgehead atoms. The van der Waals surface area contributed by atoms with Gasteiger partial charge in [0.2, 0.25) is 6.41 Å². The van der Waals surface area contributed by atoms with Crippen molar-refractivity contribution in [3.8, 4) is 5.75 Å². The Labute approximate surface area is 158 Å². The van der Waals surface area contributed by atoms with Crippen LogP contribution in [0.25, 0.3) is 0 Å². The maximum Gasteiger partial charge on any atom is 0.260 e. The summed E-state index contributed by atoms with van der Waals surface area (Å²) in [6, 6.07) is 10.7. The molecule has 1 heterocycles. The van der Waals surface area contributed by atoms with E-state index in [2.05, 4.69) is 4.98 Å². The Morgan fingerprint density at radius 3 is 2.37 bits per heavy atom. The van der Waals surface area contributed by atoms with Crippen molar-refractivity contribution in [1.29, 1.82) is 0 Å². The molecule has 1 aromatic carbocycles. The highest BCUT2D eigenvalue weighted by Gasteiger charge is 2.16. The Kier molecular flexibility index (Phi) is 8.95. The fourth-order valence-electron chi connectivity index (χ4n) is 2.31. The molecule has 1 aromatic heterocycles. The minimum Gasteiger partial charge on any atom is -0.491 e. The molecule has 0 spiro atoms. The number of imide groups is 1. The molecule has 0 unspecified atom stereocenters. The molecule has 0 aliphatic rings. The van der Waals surface area contributed by atoms with Gasteiger partial charge in [-0.3, -0.25) is 19.5 Å². The van der Waals surface area contributed by atoms with E-state index in [-0.39, 0.29) is 19.1 Å². The first-order valence-electron chi connectivity index (χ1n) is 8.72. The van der Waals surface area contributed by atoms with Crippen molar-refractivity contribution < 1.29 is 23.8 Å². The van der Waals surface area contributed by atoms with E-state index in [4.69, 9.17) is 14.2 Å². The van der Waals surface area contributed by atoms with Crippen molar-refractivity contribution in [1.82, 2.24) is 9.88 Å². The van der Waals surface area contributed by atoms with Gasteiger partial charge in [-0.15, -0.1) is 0 Å². The van der Waals surface area contributed by atoms with Crippen LogP contribution in [0.3, 0.4) is 0 Å². The van der Waals surface area contributed by atoms with E-state index < -0.39 is 0 Å². The molecule has 0 N–H and O–H groups in total. The van der Waals surface area contributed by atoms with Gasteiger partial charge in [0.05, 0.1) is 33.0 Å². The SMILES string of the molecule is Cc1ccccc1C(=O)N(C=O)CCOCCOCCOc1ccncc1. The molecule has 7 nitrogen and oxygen atoms in total. The van der Waals surface area contributed by atoms with Gasteiger partial charge in [0.25, 0.3) is 5.91 Å². The highest BCUT2D eigenvalue weighted by Crippen LogP contribution is 2.09. The number of benzene rings is 1. The quantitative estimate of drug-likeness (QED) is 0.419. The smallest absolute Gasteiger partial charge is 0.260 e. The Morgan fingerprint density at radius 2 is 1.67 bits per heavy atom. The van der Waals surface area contributed by atoms with Crippen LogP contribution < -0.4 is 4.74 Å². The third-order valence-corrected chi connectivity index (χ3v) is 3.76. The van der Waals surface area contributed by atoms with Gasteiger partial charge in [0, 0.05) is 18.0 Å². The third-order valence-electron chi connectivity index (χ3n) is 3.76. The average Bonchev–Trinajstić information content (AvgIpc) is 2.70. The van der Waals surface area contributed by atoms with Gasteiger partial charge in [-0.2, -0.15) is 0 Å². The molecule has 0 aliphatic carbocycles. The lowest BCUT2D eigenvalue weighted by Crippen LogP contribution is -2.33. The number of pyridine rings is 1. The van der Waals surface area contributed by atoms with Crippen LogP contribution >= 0.6 is 0 Å². The van der Waals surface area contributed by atoms with Crippen LogP contribution in [0.5, 0.6) is 5.75 Å². The summed E-state index contributed by atoms with van der Waals surface area (Å²) in [7, 11) is 0. The number of hydrogen-bond acceptors (Lipinski definition) is 6. The monoisotopic (exact) mass is 372 g/mol. The summed E-state index contributed by atoms with van der Waals surface area (Å²) >= 11 is 0. The lowest BCUT2D eigenvalue weighted by molar-refractivity contribution is -0.116. The van der Waals surface area contributed by atoms with E-state index in [1.54, 1.807) is 36.7 Å². The number of aryl methyl sites for hydroxylation is 1. The molecule has 0 radical (unpaired) electrons. The van der Waals surface area contributed by atoms with Crippen molar-refractivity contribution in [2.24, 2.45) is 0 Å². The van der Waals surface area contributed by atoms with Gasteiger partial charge in [0.1, 0.15) is 12.4 Å². The zero-order valence-corrected chi connectivity index (χ0v) is 15.4. The van der Waals surface area contributed by atoms with E-state index in [0.29, 0.717) is 38.4 Å². The minimum absolute atomic E-state index is 0.196. The Hall–Kier alpha value is -2.77. The van der Waals surface area contributed by atoms with Gasteiger partial charge in [-0.1, -0.05) is 18.2 Å². The van der Waals surface area contributed by atoms with Gasteiger partial charge in [0.15, 0.2) is 0 Å². The highest BCUT2D eigenvalue weighted by atomic mass is 16.5. The number of amides is 2. The van der Waals surface area contributed by atoms with Crippen LogP contribution in [0, 0.1) is 6.92 Å². The predicted octanol–water partition coefficient (Wildman–Crippen LogP) is 2.10. The fraction of sp³-hybridized carbons (Fsp3) is 0.350. The van der Waals surface area contributed by atoms with Crippen LogP contribution in [0.4, 0.5) is 0 Å². The summed E-state index contributed by atoms with van der Waals surface area (Å²) in [5.74, 6) is 0.424. The number of hydrogen-bond donors (Lipinski definition) is 0. The molecule has 0 saturated carbocycles. The molecule has 0 saturated heterocycles. The van der Waals surface area contributed by atoms with Gasteiger partial charge >= 0.3 is 0 Å². The average molecular weight is 372 g/mol. The van der Waals surface area contributed by atoms with Crippen molar-refractivity contribution in [2.75, 3.05) is 39.6 Å². The molecule has 7 heteroatoms. The maximum atomic E-state index is 12.3. The van der Waals surface area contributed by atoms with E-state index in [0.717, 1.165) is 16.2 Å². The predicted molar refractivity (Wildman–Crippen MR) is 99.6 cm³/mol. The van der Waals surface area contributed by atoms with Crippen molar-refractivity contribution >= 4 is 12.3 Å². The Balaban J connectivity index is 1.55. The largest absolute Gasteiger partial charge is 0.491 e. The second kappa shape index (κ2) is 11.8. The van der Waals surface area contributed by atoms with Crippen molar-refractivity contribution in [2.45, 2.75) is 6.92 Å². The van der Waals surface area contributed by atoms with Gasteiger partial charge in [-0.05, 0) is 30.7 Å². The summed E-state index contributed by atoms with van der Waals surface area (Å²) in [5, 5.41) is 0. The molecule has 0 fully saturated rings. The summed E-state index contributed by atoms with van der Waals surface area (Å²) in [6.45, 7) is 3.95. The number of nitrogens with zero attached hydrogens (tertiary/aromatic N) is 2. The van der Waals surface area contributed by atoms with Crippen LogP contribution in [0.1, 0.15) is 15.9 Å². The third kappa shape index (κ3) is 7.16. The number of aromatic nitrogens is 1. The van der Waals surface area contributed by atoms with E-state index in [1.165, 1.54) is 0 Å². The first-order chi connectivity index (χ1) is 13.2. The lowest BCUT2D eigenvalue weighted by Gasteiger charge is -2.16. The summed E-state index contributed by atoms with van der Waals surface area (Å²) in [4.78, 5) is 28.6. The summed E-state index contributed by atoms with van der Waals surface area (Å²) in [5.41, 5.74) is 1.35. The molecule has 144 valence electrons. The van der Waals surface area contributed by atoms with Crippen LogP contribution in [0.2, 0.25) is 0 Å². The van der Waals surface area contributed by atoms with E-state index in [1.807, 2.05) is 19.1 Å². The molecule has 2 rings (SSSR count). The normalized spacial score (nSPS) is 10.4. The standard InChI is InChI=1S/C20H24N2O5/c1-17-4-2-3-5-19(17)20(24)22(16-23)10-11-25-12-13-26-14-15-27-18-6-8-21-9-7-18/h2-9,16H,10-15H2,1H3. The van der Waals surface area contributed by atoms with Gasteiger partial charge < -0.3 is 14.2 Å². The highest BCUT2D eigenvalue weighted by molar-refractivity contribution is 6.00. The zero-order valence-electron chi connectivity index (χ0n) is 15.4. The second-order valence-electron chi connectivity index (χ2n) is 5.67. The molecular weight excluding hydrogens is 348 g/mol. The Morgan fingerprint density at radius 1 is 1.00 bits per heavy atom. The minimum atomic E-state index is -0.323. The second-order valence-corrected chi connectivity index (χ2v) is 5.67. The maximum absolute atomic E-state index is 12.3. The molecule has 0 atom stereocenters.